The molecule has 0 amide bonds. The summed E-state index contributed by atoms with van der Waals surface area (Å²) in [7, 11) is 0. The zero-order valence-electron chi connectivity index (χ0n) is 11.4. The topological polar surface area (TPSA) is 84.3 Å². The Hall–Kier alpha value is -1.69. The maximum atomic E-state index is 11.0. The number of carbonyl (C=O) groups is 1. The van der Waals surface area contributed by atoms with Gasteiger partial charge in [0, 0.05) is 18.3 Å². The van der Waals surface area contributed by atoms with Gasteiger partial charge in [-0.05, 0) is 39.7 Å². The van der Waals surface area contributed by atoms with E-state index in [1.54, 1.807) is 6.92 Å². The number of nitrogens with zero attached hydrogens (tertiary/aromatic N) is 2. The van der Waals surface area contributed by atoms with Crippen molar-refractivity contribution in [3.63, 3.8) is 0 Å². The van der Waals surface area contributed by atoms with Crippen molar-refractivity contribution in [1.29, 1.82) is 0 Å². The molecule has 0 bridgehead atoms. The van der Waals surface area contributed by atoms with E-state index in [4.69, 9.17) is 9.84 Å². The van der Waals surface area contributed by atoms with Gasteiger partial charge < -0.3 is 15.2 Å². The zero-order chi connectivity index (χ0) is 14.0. The van der Waals surface area contributed by atoms with Gasteiger partial charge in [-0.25, -0.2) is 14.8 Å². The van der Waals surface area contributed by atoms with Crippen molar-refractivity contribution >= 4 is 11.9 Å². The second-order valence-electron chi connectivity index (χ2n) is 5.47. The Balaban J connectivity index is 2.12. The monoisotopic (exact) mass is 265 g/mol. The molecular formula is C13H19N3O3. The van der Waals surface area contributed by atoms with Gasteiger partial charge in [-0.1, -0.05) is 0 Å². The van der Waals surface area contributed by atoms with Gasteiger partial charge >= 0.3 is 5.97 Å². The van der Waals surface area contributed by atoms with Crippen molar-refractivity contribution in [2.75, 3.05) is 11.9 Å². The summed E-state index contributed by atoms with van der Waals surface area (Å²) in [5, 5.41) is 12.2. The molecule has 1 aromatic heterocycles. The third-order valence-electron chi connectivity index (χ3n) is 3.10. The molecule has 0 spiro atoms. The van der Waals surface area contributed by atoms with Crippen molar-refractivity contribution in [3.05, 3.63) is 17.5 Å². The van der Waals surface area contributed by atoms with Gasteiger partial charge in [0.2, 0.25) is 5.95 Å². The number of carboxylic acid groups (broad SMARTS) is 1. The van der Waals surface area contributed by atoms with E-state index in [0.717, 1.165) is 12.8 Å². The van der Waals surface area contributed by atoms with E-state index >= 15 is 0 Å². The normalized spacial score (nSPS) is 21.9. The fraction of sp³-hybridized carbons (Fsp3) is 0.615. The van der Waals surface area contributed by atoms with Crippen LogP contribution in [0.4, 0.5) is 5.95 Å². The fourth-order valence-corrected chi connectivity index (χ4v) is 2.28. The first-order chi connectivity index (χ1) is 8.85. The average molecular weight is 265 g/mol. The number of nitrogens with one attached hydrogen (secondary N) is 1. The molecule has 1 fully saturated rings. The molecule has 6 nitrogen and oxygen atoms in total. The first-order valence-corrected chi connectivity index (χ1v) is 6.35. The lowest BCUT2D eigenvalue weighted by molar-refractivity contribution is -0.0554. The summed E-state index contributed by atoms with van der Waals surface area (Å²) in [6.07, 6.45) is 1.70. The third kappa shape index (κ3) is 3.64. The quantitative estimate of drug-likeness (QED) is 0.867. The molecule has 2 heterocycles. The summed E-state index contributed by atoms with van der Waals surface area (Å²) < 4.78 is 5.64. The van der Waals surface area contributed by atoms with Crippen LogP contribution in [0.3, 0.4) is 0 Å². The second-order valence-corrected chi connectivity index (χ2v) is 5.47. The predicted molar refractivity (Wildman–Crippen MR) is 70.4 cm³/mol. The lowest BCUT2D eigenvalue weighted by atomic mass is 9.94. The smallest absolute Gasteiger partial charge is 0.354 e. The van der Waals surface area contributed by atoms with Gasteiger partial charge in [-0.3, -0.25) is 0 Å². The first-order valence-electron chi connectivity index (χ1n) is 6.35. The number of carboxylic acids is 1. The van der Waals surface area contributed by atoms with E-state index in [-0.39, 0.29) is 17.3 Å². The summed E-state index contributed by atoms with van der Waals surface area (Å²) >= 11 is 0. The van der Waals surface area contributed by atoms with Crippen molar-refractivity contribution in [1.82, 2.24) is 9.97 Å². The molecule has 2 rings (SSSR count). The van der Waals surface area contributed by atoms with Gasteiger partial charge in [0.25, 0.3) is 0 Å². The molecule has 0 aromatic carbocycles. The van der Waals surface area contributed by atoms with Gasteiger partial charge in [-0.2, -0.15) is 0 Å². The zero-order valence-corrected chi connectivity index (χ0v) is 11.4. The van der Waals surface area contributed by atoms with Gasteiger partial charge in [0.15, 0.2) is 5.69 Å². The van der Waals surface area contributed by atoms with Crippen LogP contribution in [0.1, 0.15) is 42.9 Å². The predicted octanol–water partition coefficient (Wildman–Crippen LogP) is 1.85. The molecule has 1 aliphatic heterocycles. The average Bonchev–Trinajstić information content (AvgIpc) is 2.26. The van der Waals surface area contributed by atoms with Crippen LogP contribution in [0.2, 0.25) is 0 Å². The lowest BCUT2D eigenvalue weighted by Gasteiger charge is -2.35. The molecule has 104 valence electrons. The van der Waals surface area contributed by atoms with E-state index in [0.29, 0.717) is 18.2 Å². The Morgan fingerprint density at radius 1 is 1.53 bits per heavy atom. The van der Waals surface area contributed by atoms with Gasteiger partial charge in [0.1, 0.15) is 0 Å². The maximum absolute atomic E-state index is 11.0. The summed E-state index contributed by atoms with van der Waals surface area (Å²) in [5.41, 5.74) is 0.484. The number of ether oxygens (including phenoxy) is 1. The molecule has 1 aromatic rings. The highest BCUT2D eigenvalue weighted by Crippen LogP contribution is 2.25. The molecule has 2 N–H and O–H groups in total. The van der Waals surface area contributed by atoms with Crippen LogP contribution in [0.15, 0.2) is 6.07 Å². The summed E-state index contributed by atoms with van der Waals surface area (Å²) in [5.74, 6) is -0.666. The minimum atomic E-state index is -1.04. The highest BCUT2D eigenvalue weighted by atomic mass is 16.5. The third-order valence-corrected chi connectivity index (χ3v) is 3.10. The molecule has 0 radical (unpaired) electrons. The number of hydrogen-bond donors (Lipinski definition) is 2. The van der Waals surface area contributed by atoms with Crippen LogP contribution in [-0.4, -0.2) is 39.3 Å². The minimum absolute atomic E-state index is 0.0151. The number of hydrogen-bond acceptors (Lipinski definition) is 5. The van der Waals surface area contributed by atoms with Gasteiger partial charge in [0.05, 0.1) is 5.60 Å². The number of aromatic nitrogens is 2. The molecule has 0 aliphatic carbocycles. The standard InChI is InChI=1S/C13H19N3O3/c1-8-6-10(11(17)18)16-12(14-8)15-9-4-5-19-13(2,3)7-9/h6,9H,4-5,7H2,1-3H3,(H,17,18)(H,14,15,16). The Morgan fingerprint density at radius 3 is 2.89 bits per heavy atom. The van der Waals surface area contributed by atoms with Crippen molar-refractivity contribution in [3.8, 4) is 0 Å². The highest BCUT2D eigenvalue weighted by molar-refractivity contribution is 5.85. The summed E-state index contributed by atoms with van der Waals surface area (Å²) in [6.45, 7) is 6.52. The number of anilines is 1. The van der Waals surface area contributed by atoms with Crippen LogP contribution >= 0.6 is 0 Å². The van der Waals surface area contributed by atoms with Crippen molar-refractivity contribution in [2.24, 2.45) is 0 Å². The number of aromatic carboxylic acids is 1. The van der Waals surface area contributed by atoms with Crippen LogP contribution in [-0.2, 0) is 4.74 Å². The molecule has 1 unspecified atom stereocenters. The van der Waals surface area contributed by atoms with Crippen LogP contribution in [0.25, 0.3) is 0 Å². The Labute approximate surface area is 112 Å². The second kappa shape index (κ2) is 5.13. The molecular weight excluding hydrogens is 246 g/mol. The van der Waals surface area contributed by atoms with Crippen LogP contribution < -0.4 is 5.32 Å². The van der Waals surface area contributed by atoms with Crippen molar-refractivity contribution < 1.29 is 14.6 Å². The maximum Gasteiger partial charge on any atom is 0.354 e. The van der Waals surface area contributed by atoms with Crippen LogP contribution in [0.5, 0.6) is 0 Å². The Bertz CT molecular complexity index is 488. The SMILES string of the molecule is Cc1cc(C(=O)O)nc(NC2CCOC(C)(C)C2)n1. The molecule has 6 heteroatoms. The summed E-state index contributed by atoms with van der Waals surface area (Å²) in [4.78, 5) is 19.2. The van der Waals surface area contributed by atoms with E-state index in [9.17, 15) is 4.79 Å². The van der Waals surface area contributed by atoms with E-state index in [1.807, 2.05) is 13.8 Å². The number of rotatable bonds is 3. The Morgan fingerprint density at radius 2 is 2.26 bits per heavy atom. The number of aryl methyl sites for hydroxylation is 1. The minimum Gasteiger partial charge on any atom is -0.477 e. The first kappa shape index (κ1) is 13.7. The van der Waals surface area contributed by atoms with Crippen molar-refractivity contribution in [2.45, 2.75) is 45.3 Å². The lowest BCUT2D eigenvalue weighted by Crippen LogP contribution is -2.40. The van der Waals surface area contributed by atoms with E-state index < -0.39 is 5.97 Å². The van der Waals surface area contributed by atoms with E-state index in [2.05, 4.69) is 15.3 Å². The van der Waals surface area contributed by atoms with E-state index in [1.165, 1.54) is 6.07 Å². The Kier molecular flexibility index (Phi) is 3.71. The van der Waals surface area contributed by atoms with Gasteiger partial charge in [-0.15, -0.1) is 0 Å². The molecule has 1 atom stereocenters. The molecule has 1 aliphatic rings. The molecule has 1 saturated heterocycles. The summed E-state index contributed by atoms with van der Waals surface area (Å²) in [6, 6.07) is 1.66. The fourth-order valence-electron chi connectivity index (χ4n) is 2.28. The molecule has 19 heavy (non-hydrogen) atoms. The molecule has 0 saturated carbocycles. The largest absolute Gasteiger partial charge is 0.477 e. The van der Waals surface area contributed by atoms with Crippen LogP contribution in [0, 0.1) is 6.92 Å². The highest BCUT2D eigenvalue weighted by Gasteiger charge is 2.29.